The SMILES string of the molecule is CCOC(=O)CCNc1cccc2ccn(C)c12. The first kappa shape index (κ1) is 12.5. The van der Waals surface area contributed by atoms with Crippen molar-refractivity contribution >= 4 is 22.6 Å². The summed E-state index contributed by atoms with van der Waals surface area (Å²) in [6, 6.07) is 8.18. The van der Waals surface area contributed by atoms with Gasteiger partial charge in [-0.15, -0.1) is 0 Å². The molecular formula is C14H18N2O2. The van der Waals surface area contributed by atoms with Crippen LogP contribution in [0.15, 0.2) is 30.5 Å². The lowest BCUT2D eigenvalue weighted by Crippen LogP contribution is -2.11. The van der Waals surface area contributed by atoms with Crippen molar-refractivity contribution in [2.45, 2.75) is 13.3 Å². The largest absolute Gasteiger partial charge is 0.466 e. The molecule has 0 atom stereocenters. The van der Waals surface area contributed by atoms with Gasteiger partial charge in [-0.2, -0.15) is 0 Å². The van der Waals surface area contributed by atoms with Crippen LogP contribution in [0, 0.1) is 0 Å². The Labute approximate surface area is 107 Å². The van der Waals surface area contributed by atoms with E-state index < -0.39 is 0 Å². The molecule has 0 saturated carbocycles. The van der Waals surface area contributed by atoms with Crippen molar-refractivity contribution in [1.29, 1.82) is 0 Å². The van der Waals surface area contributed by atoms with Gasteiger partial charge in [0.15, 0.2) is 0 Å². The van der Waals surface area contributed by atoms with Crippen LogP contribution in [-0.2, 0) is 16.6 Å². The van der Waals surface area contributed by atoms with Crippen LogP contribution in [0.4, 0.5) is 5.69 Å². The summed E-state index contributed by atoms with van der Waals surface area (Å²) in [6.07, 6.45) is 2.41. The zero-order valence-corrected chi connectivity index (χ0v) is 10.8. The maximum atomic E-state index is 11.2. The highest BCUT2D eigenvalue weighted by Crippen LogP contribution is 2.23. The van der Waals surface area contributed by atoms with Gasteiger partial charge in [0.1, 0.15) is 0 Å². The summed E-state index contributed by atoms with van der Waals surface area (Å²) < 4.78 is 6.96. The molecule has 1 aromatic heterocycles. The lowest BCUT2D eigenvalue weighted by atomic mass is 10.2. The number of aryl methyl sites for hydroxylation is 1. The number of para-hydroxylation sites is 1. The number of nitrogens with one attached hydrogen (secondary N) is 1. The summed E-state index contributed by atoms with van der Waals surface area (Å²) in [5.41, 5.74) is 2.20. The fourth-order valence-electron chi connectivity index (χ4n) is 2.03. The van der Waals surface area contributed by atoms with E-state index in [-0.39, 0.29) is 5.97 Å². The van der Waals surface area contributed by atoms with Crippen LogP contribution in [0.3, 0.4) is 0 Å². The molecule has 1 heterocycles. The normalized spacial score (nSPS) is 10.6. The number of anilines is 1. The van der Waals surface area contributed by atoms with E-state index >= 15 is 0 Å². The number of rotatable bonds is 5. The van der Waals surface area contributed by atoms with Gasteiger partial charge in [0.05, 0.1) is 24.2 Å². The lowest BCUT2D eigenvalue weighted by Gasteiger charge is -2.09. The summed E-state index contributed by atoms with van der Waals surface area (Å²) in [5, 5.41) is 4.48. The maximum absolute atomic E-state index is 11.2. The molecule has 0 aliphatic carbocycles. The molecule has 2 aromatic rings. The van der Waals surface area contributed by atoms with Gasteiger partial charge in [0, 0.05) is 25.2 Å². The Bertz CT molecular complexity index is 546. The fraction of sp³-hybridized carbons (Fsp3) is 0.357. The summed E-state index contributed by atoms with van der Waals surface area (Å²) in [4.78, 5) is 11.2. The van der Waals surface area contributed by atoms with Crippen molar-refractivity contribution in [2.24, 2.45) is 7.05 Å². The predicted octanol–water partition coefficient (Wildman–Crippen LogP) is 2.54. The summed E-state index contributed by atoms with van der Waals surface area (Å²) in [5.74, 6) is -0.163. The minimum Gasteiger partial charge on any atom is -0.466 e. The molecule has 0 fully saturated rings. The number of aromatic nitrogens is 1. The molecule has 1 aromatic carbocycles. The highest BCUT2D eigenvalue weighted by Gasteiger charge is 2.05. The number of ether oxygens (including phenoxy) is 1. The molecule has 0 unspecified atom stereocenters. The van der Waals surface area contributed by atoms with E-state index in [4.69, 9.17) is 4.74 Å². The second kappa shape index (κ2) is 5.58. The van der Waals surface area contributed by atoms with Crippen LogP contribution in [0.5, 0.6) is 0 Å². The van der Waals surface area contributed by atoms with E-state index in [1.54, 1.807) is 0 Å². The summed E-state index contributed by atoms with van der Waals surface area (Å²) >= 11 is 0. The van der Waals surface area contributed by atoms with Gasteiger partial charge in [-0.3, -0.25) is 4.79 Å². The Balaban J connectivity index is 2.03. The van der Waals surface area contributed by atoms with Crippen LogP contribution in [0.2, 0.25) is 0 Å². The average molecular weight is 246 g/mol. The highest BCUT2D eigenvalue weighted by atomic mass is 16.5. The van der Waals surface area contributed by atoms with Gasteiger partial charge in [0.2, 0.25) is 0 Å². The average Bonchev–Trinajstić information content (AvgIpc) is 2.73. The third-order valence-electron chi connectivity index (χ3n) is 2.85. The smallest absolute Gasteiger partial charge is 0.307 e. The molecule has 96 valence electrons. The quantitative estimate of drug-likeness (QED) is 0.824. The molecule has 1 N–H and O–H groups in total. The number of hydrogen-bond acceptors (Lipinski definition) is 3. The van der Waals surface area contributed by atoms with Crippen molar-refractivity contribution in [3.8, 4) is 0 Å². The topological polar surface area (TPSA) is 43.3 Å². The lowest BCUT2D eigenvalue weighted by molar-refractivity contribution is -0.142. The van der Waals surface area contributed by atoms with Gasteiger partial charge in [-0.05, 0) is 19.1 Å². The molecule has 0 aliphatic heterocycles. The Morgan fingerprint density at radius 3 is 3.00 bits per heavy atom. The predicted molar refractivity (Wildman–Crippen MR) is 72.7 cm³/mol. The number of fused-ring (bicyclic) bond motifs is 1. The van der Waals surface area contributed by atoms with E-state index in [9.17, 15) is 4.79 Å². The van der Waals surface area contributed by atoms with Gasteiger partial charge >= 0.3 is 5.97 Å². The molecular weight excluding hydrogens is 228 g/mol. The Hall–Kier alpha value is -1.97. The van der Waals surface area contributed by atoms with Crippen LogP contribution in [-0.4, -0.2) is 23.7 Å². The first-order valence-electron chi connectivity index (χ1n) is 6.16. The van der Waals surface area contributed by atoms with Crippen LogP contribution < -0.4 is 5.32 Å². The number of carbonyl (C=O) groups is 1. The zero-order chi connectivity index (χ0) is 13.0. The van der Waals surface area contributed by atoms with Gasteiger partial charge in [-0.1, -0.05) is 12.1 Å². The van der Waals surface area contributed by atoms with Crippen molar-refractivity contribution in [3.05, 3.63) is 30.5 Å². The number of benzene rings is 1. The number of carbonyl (C=O) groups excluding carboxylic acids is 1. The Morgan fingerprint density at radius 1 is 1.39 bits per heavy atom. The Kier molecular flexibility index (Phi) is 3.87. The van der Waals surface area contributed by atoms with E-state index in [2.05, 4.69) is 22.0 Å². The molecule has 0 radical (unpaired) electrons. The van der Waals surface area contributed by atoms with Crippen LogP contribution in [0.25, 0.3) is 10.9 Å². The minimum absolute atomic E-state index is 0.163. The minimum atomic E-state index is -0.163. The molecule has 0 aliphatic rings. The zero-order valence-electron chi connectivity index (χ0n) is 10.8. The first-order valence-corrected chi connectivity index (χ1v) is 6.16. The van der Waals surface area contributed by atoms with Crippen molar-refractivity contribution in [3.63, 3.8) is 0 Å². The van der Waals surface area contributed by atoms with Gasteiger partial charge < -0.3 is 14.6 Å². The van der Waals surface area contributed by atoms with E-state index in [1.807, 2.05) is 32.3 Å². The molecule has 18 heavy (non-hydrogen) atoms. The molecule has 0 amide bonds. The van der Waals surface area contributed by atoms with Crippen LogP contribution >= 0.6 is 0 Å². The highest BCUT2D eigenvalue weighted by molar-refractivity contribution is 5.91. The van der Waals surface area contributed by atoms with Gasteiger partial charge in [0.25, 0.3) is 0 Å². The first-order chi connectivity index (χ1) is 8.72. The van der Waals surface area contributed by atoms with Crippen molar-refractivity contribution in [1.82, 2.24) is 4.57 Å². The van der Waals surface area contributed by atoms with E-state index in [0.717, 1.165) is 11.2 Å². The van der Waals surface area contributed by atoms with Crippen molar-refractivity contribution < 1.29 is 9.53 Å². The van der Waals surface area contributed by atoms with E-state index in [1.165, 1.54) is 5.39 Å². The molecule has 0 saturated heterocycles. The third kappa shape index (κ3) is 2.64. The fourth-order valence-corrected chi connectivity index (χ4v) is 2.03. The molecule has 0 bridgehead atoms. The third-order valence-corrected chi connectivity index (χ3v) is 2.85. The monoisotopic (exact) mass is 246 g/mol. The maximum Gasteiger partial charge on any atom is 0.307 e. The van der Waals surface area contributed by atoms with Crippen LogP contribution in [0.1, 0.15) is 13.3 Å². The molecule has 4 nitrogen and oxygen atoms in total. The standard InChI is InChI=1S/C14H18N2O2/c1-3-18-13(17)7-9-15-12-6-4-5-11-8-10-16(2)14(11)12/h4-6,8,10,15H,3,7,9H2,1-2H3. The molecule has 2 rings (SSSR count). The van der Waals surface area contributed by atoms with Crippen molar-refractivity contribution in [2.75, 3.05) is 18.5 Å². The second-order valence-corrected chi connectivity index (χ2v) is 4.15. The summed E-state index contributed by atoms with van der Waals surface area (Å²) in [6.45, 7) is 2.84. The Morgan fingerprint density at radius 2 is 2.22 bits per heavy atom. The van der Waals surface area contributed by atoms with E-state index in [0.29, 0.717) is 19.6 Å². The molecule has 0 spiro atoms. The van der Waals surface area contributed by atoms with Gasteiger partial charge in [-0.25, -0.2) is 0 Å². The summed E-state index contributed by atoms with van der Waals surface area (Å²) in [7, 11) is 2.01. The number of esters is 1. The number of hydrogen-bond donors (Lipinski definition) is 1. The molecule has 4 heteroatoms. The number of nitrogens with zero attached hydrogens (tertiary/aromatic N) is 1. The second-order valence-electron chi connectivity index (χ2n) is 4.15.